The standard InChI is InChI=1S/C25H31N3O2S/c1-27-14-11-21(12-15-27)30-24(25-26-22-9-2-3-10-23(22)31-25)18-6-4-7-19(16-18)28-13-5-8-20(28)17-29/h2-4,6-7,9-10,16,20-21,24,29H,5,8,11-15,17H2,1H3. The van der Waals surface area contributed by atoms with Crippen molar-refractivity contribution in [1.82, 2.24) is 9.88 Å². The van der Waals surface area contributed by atoms with Gasteiger partial charge in [-0.1, -0.05) is 24.3 Å². The summed E-state index contributed by atoms with van der Waals surface area (Å²) in [4.78, 5) is 9.67. The van der Waals surface area contributed by atoms with E-state index < -0.39 is 0 Å². The molecule has 5 nitrogen and oxygen atoms in total. The van der Waals surface area contributed by atoms with Crippen molar-refractivity contribution < 1.29 is 9.84 Å². The van der Waals surface area contributed by atoms with Crippen molar-refractivity contribution in [2.45, 2.75) is 43.9 Å². The van der Waals surface area contributed by atoms with Crippen LogP contribution in [0.1, 0.15) is 42.4 Å². The van der Waals surface area contributed by atoms with Gasteiger partial charge in [0.1, 0.15) is 11.1 Å². The molecule has 3 aromatic rings. The van der Waals surface area contributed by atoms with Gasteiger partial charge in [-0.25, -0.2) is 4.98 Å². The molecule has 1 N–H and O–H groups in total. The highest BCUT2D eigenvalue weighted by molar-refractivity contribution is 7.18. The third kappa shape index (κ3) is 4.48. The number of anilines is 1. The maximum Gasteiger partial charge on any atom is 0.134 e. The van der Waals surface area contributed by atoms with Crippen LogP contribution in [-0.2, 0) is 4.74 Å². The number of hydrogen-bond acceptors (Lipinski definition) is 6. The molecule has 1 aromatic heterocycles. The van der Waals surface area contributed by atoms with E-state index in [0.29, 0.717) is 0 Å². The van der Waals surface area contributed by atoms with Crippen molar-refractivity contribution in [3.63, 3.8) is 0 Å². The van der Waals surface area contributed by atoms with E-state index >= 15 is 0 Å². The lowest BCUT2D eigenvalue weighted by Crippen LogP contribution is -2.35. The Morgan fingerprint density at radius 3 is 2.74 bits per heavy atom. The van der Waals surface area contributed by atoms with Crippen LogP contribution in [-0.4, -0.2) is 60.4 Å². The van der Waals surface area contributed by atoms with Crippen LogP contribution in [0.25, 0.3) is 10.2 Å². The molecule has 3 heterocycles. The first-order valence-corrected chi connectivity index (χ1v) is 12.2. The van der Waals surface area contributed by atoms with Gasteiger partial charge in [0, 0.05) is 25.3 Å². The molecule has 0 spiro atoms. The normalized spacial score (nSPS) is 21.7. The van der Waals surface area contributed by atoms with Gasteiger partial charge >= 0.3 is 0 Å². The van der Waals surface area contributed by atoms with Crippen LogP contribution in [0.2, 0.25) is 0 Å². The first-order valence-electron chi connectivity index (χ1n) is 11.4. The molecule has 2 fully saturated rings. The van der Waals surface area contributed by atoms with Crippen LogP contribution >= 0.6 is 11.3 Å². The number of likely N-dealkylation sites (tertiary alicyclic amines) is 1. The third-order valence-electron chi connectivity index (χ3n) is 6.62. The van der Waals surface area contributed by atoms with Gasteiger partial charge in [-0.3, -0.25) is 0 Å². The summed E-state index contributed by atoms with van der Waals surface area (Å²) in [7, 11) is 2.18. The van der Waals surface area contributed by atoms with E-state index in [1.54, 1.807) is 11.3 Å². The monoisotopic (exact) mass is 437 g/mol. The molecule has 2 aliphatic rings. The van der Waals surface area contributed by atoms with E-state index in [2.05, 4.69) is 59.3 Å². The fourth-order valence-corrected chi connectivity index (χ4v) is 5.86. The molecule has 2 aliphatic heterocycles. The van der Waals surface area contributed by atoms with Gasteiger partial charge < -0.3 is 19.6 Å². The van der Waals surface area contributed by atoms with E-state index in [1.807, 2.05) is 6.07 Å². The number of rotatable bonds is 6. The molecule has 2 saturated heterocycles. The molecule has 164 valence electrons. The lowest BCUT2D eigenvalue weighted by Gasteiger charge is -2.32. The summed E-state index contributed by atoms with van der Waals surface area (Å²) >= 11 is 1.73. The quantitative estimate of drug-likeness (QED) is 0.617. The van der Waals surface area contributed by atoms with Crippen molar-refractivity contribution in [3.8, 4) is 0 Å². The highest BCUT2D eigenvalue weighted by Crippen LogP contribution is 2.37. The van der Waals surface area contributed by atoms with Crippen LogP contribution < -0.4 is 4.90 Å². The van der Waals surface area contributed by atoms with Gasteiger partial charge in [0.05, 0.1) is 29.0 Å². The Morgan fingerprint density at radius 1 is 1.10 bits per heavy atom. The van der Waals surface area contributed by atoms with Gasteiger partial charge in [-0.05, 0) is 62.6 Å². The number of para-hydroxylation sites is 1. The second-order valence-corrected chi connectivity index (χ2v) is 9.87. The second kappa shape index (κ2) is 9.25. The SMILES string of the molecule is CN1CCC(OC(c2cccc(N3CCCC3CO)c2)c2nc3ccccc3s2)CC1. The van der Waals surface area contributed by atoms with Crippen molar-refractivity contribution in [2.75, 3.05) is 38.2 Å². The first kappa shape index (κ1) is 20.9. The summed E-state index contributed by atoms with van der Waals surface area (Å²) in [5, 5.41) is 10.8. The molecule has 2 aromatic carbocycles. The van der Waals surface area contributed by atoms with E-state index in [0.717, 1.165) is 61.4 Å². The average molecular weight is 438 g/mol. The molecule has 0 amide bonds. The van der Waals surface area contributed by atoms with Crippen molar-refractivity contribution in [2.24, 2.45) is 0 Å². The Bertz CT molecular complexity index is 982. The zero-order valence-electron chi connectivity index (χ0n) is 18.1. The van der Waals surface area contributed by atoms with Gasteiger partial charge in [-0.2, -0.15) is 0 Å². The molecule has 2 unspecified atom stereocenters. The molecular formula is C25H31N3O2S. The first-order chi connectivity index (χ1) is 15.2. The van der Waals surface area contributed by atoms with E-state index in [4.69, 9.17) is 9.72 Å². The minimum Gasteiger partial charge on any atom is -0.394 e. The predicted molar refractivity (Wildman–Crippen MR) is 127 cm³/mol. The van der Waals surface area contributed by atoms with Gasteiger partial charge in [-0.15, -0.1) is 11.3 Å². The molecular weight excluding hydrogens is 406 g/mol. The molecule has 5 rings (SSSR count). The van der Waals surface area contributed by atoms with E-state index in [-0.39, 0.29) is 24.9 Å². The number of piperidine rings is 1. The molecule has 6 heteroatoms. The van der Waals surface area contributed by atoms with Crippen molar-refractivity contribution >= 4 is 27.2 Å². The number of aromatic nitrogens is 1. The molecule has 31 heavy (non-hydrogen) atoms. The smallest absolute Gasteiger partial charge is 0.134 e. The van der Waals surface area contributed by atoms with Gasteiger partial charge in [0.25, 0.3) is 0 Å². The van der Waals surface area contributed by atoms with Gasteiger partial charge in [0.15, 0.2) is 0 Å². The number of thiazole rings is 1. The lowest BCUT2D eigenvalue weighted by molar-refractivity contribution is -0.0234. The fourth-order valence-electron chi connectivity index (χ4n) is 4.83. The van der Waals surface area contributed by atoms with Crippen LogP contribution in [0.5, 0.6) is 0 Å². The maximum atomic E-state index is 9.79. The third-order valence-corrected chi connectivity index (χ3v) is 7.70. The minimum absolute atomic E-state index is 0.166. The Balaban J connectivity index is 1.48. The van der Waals surface area contributed by atoms with E-state index in [1.165, 1.54) is 10.4 Å². The Labute approximate surface area is 188 Å². The molecule has 0 aliphatic carbocycles. The number of aliphatic hydroxyl groups excluding tert-OH is 1. The van der Waals surface area contributed by atoms with Crippen LogP contribution in [0, 0.1) is 0 Å². The Kier molecular flexibility index (Phi) is 6.23. The second-order valence-electron chi connectivity index (χ2n) is 8.81. The highest BCUT2D eigenvalue weighted by Gasteiger charge is 2.28. The summed E-state index contributed by atoms with van der Waals surface area (Å²) in [5.74, 6) is 0. The van der Waals surface area contributed by atoms with Crippen LogP contribution in [0.4, 0.5) is 5.69 Å². The van der Waals surface area contributed by atoms with Crippen LogP contribution in [0.3, 0.4) is 0 Å². The highest BCUT2D eigenvalue weighted by atomic mass is 32.1. The number of hydrogen-bond donors (Lipinski definition) is 1. The molecule has 0 saturated carbocycles. The summed E-state index contributed by atoms with van der Waals surface area (Å²) in [6.07, 6.45) is 4.36. The van der Waals surface area contributed by atoms with Gasteiger partial charge in [0.2, 0.25) is 0 Å². The van der Waals surface area contributed by atoms with Crippen molar-refractivity contribution in [3.05, 3.63) is 59.1 Å². The summed E-state index contributed by atoms with van der Waals surface area (Å²) in [6, 6.07) is 17.2. The topological polar surface area (TPSA) is 48.8 Å². The number of aliphatic hydroxyl groups is 1. The number of nitrogens with zero attached hydrogens (tertiary/aromatic N) is 3. The van der Waals surface area contributed by atoms with Crippen LogP contribution in [0.15, 0.2) is 48.5 Å². The van der Waals surface area contributed by atoms with Crippen molar-refractivity contribution in [1.29, 1.82) is 0 Å². The molecule has 2 atom stereocenters. The lowest BCUT2D eigenvalue weighted by atomic mass is 10.1. The Hall–Kier alpha value is -1.99. The molecule has 0 bridgehead atoms. The zero-order valence-corrected chi connectivity index (χ0v) is 18.9. The Morgan fingerprint density at radius 2 is 1.94 bits per heavy atom. The number of benzene rings is 2. The van der Waals surface area contributed by atoms with E-state index in [9.17, 15) is 5.11 Å². The zero-order chi connectivity index (χ0) is 21.2. The number of ether oxygens (including phenoxy) is 1. The predicted octanol–water partition coefficient (Wildman–Crippen LogP) is 4.46. The maximum absolute atomic E-state index is 9.79. The minimum atomic E-state index is -0.166. The largest absolute Gasteiger partial charge is 0.394 e. The number of fused-ring (bicyclic) bond motifs is 1. The molecule has 0 radical (unpaired) electrons. The summed E-state index contributed by atoms with van der Waals surface area (Å²) in [6.45, 7) is 3.35. The summed E-state index contributed by atoms with van der Waals surface area (Å²) in [5.41, 5.74) is 3.36. The average Bonchev–Trinajstić information content (AvgIpc) is 3.45. The fraction of sp³-hybridized carbons (Fsp3) is 0.480. The summed E-state index contributed by atoms with van der Waals surface area (Å²) < 4.78 is 7.97.